The van der Waals surface area contributed by atoms with Gasteiger partial charge in [0.05, 0.1) is 24.8 Å². The summed E-state index contributed by atoms with van der Waals surface area (Å²) in [7, 11) is 1.44. The molecule has 1 aliphatic rings. The van der Waals surface area contributed by atoms with E-state index in [0.717, 1.165) is 0 Å². The summed E-state index contributed by atoms with van der Waals surface area (Å²) < 4.78 is 18.5. The van der Waals surface area contributed by atoms with Gasteiger partial charge in [0.15, 0.2) is 0 Å². The van der Waals surface area contributed by atoms with E-state index in [1.807, 2.05) is 13.8 Å². The van der Waals surface area contributed by atoms with Crippen LogP contribution in [0.4, 0.5) is 4.39 Å². The Morgan fingerprint density at radius 3 is 2.50 bits per heavy atom. The van der Waals surface area contributed by atoms with Gasteiger partial charge in [-0.3, -0.25) is 4.79 Å². The SMILES string of the molecule is COc1ccc(F)cc1C(=O)N1CC(C)(C)[C@](C)(O)C1. The number of β-amino-alcohol motifs (C(OH)–C–C–N with tert-alkyl or cyclic N) is 1. The fourth-order valence-corrected chi connectivity index (χ4v) is 2.45. The van der Waals surface area contributed by atoms with Crippen LogP contribution in [-0.2, 0) is 0 Å². The summed E-state index contributed by atoms with van der Waals surface area (Å²) >= 11 is 0. The Morgan fingerprint density at radius 2 is 2.00 bits per heavy atom. The fourth-order valence-electron chi connectivity index (χ4n) is 2.45. The molecule has 0 saturated carbocycles. The molecular formula is C15H20FNO3. The molecular weight excluding hydrogens is 261 g/mol. The topological polar surface area (TPSA) is 49.8 Å². The van der Waals surface area contributed by atoms with Crippen molar-refractivity contribution in [3.63, 3.8) is 0 Å². The van der Waals surface area contributed by atoms with Crippen LogP contribution in [0.3, 0.4) is 0 Å². The van der Waals surface area contributed by atoms with Gasteiger partial charge < -0.3 is 14.7 Å². The van der Waals surface area contributed by atoms with Gasteiger partial charge in [0, 0.05) is 12.0 Å². The number of aliphatic hydroxyl groups is 1. The lowest BCUT2D eigenvalue weighted by Gasteiger charge is -2.30. The third kappa shape index (κ3) is 2.38. The number of carbonyl (C=O) groups is 1. The van der Waals surface area contributed by atoms with E-state index >= 15 is 0 Å². The molecule has 0 aromatic heterocycles. The zero-order chi connectivity index (χ0) is 15.1. The average molecular weight is 281 g/mol. The molecule has 1 heterocycles. The summed E-state index contributed by atoms with van der Waals surface area (Å²) in [6.45, 7) is 6.16. The number of methoxy groups -OCH3 is 1. The number of nitrogens with zero attached hydrogens (tertiary/aromatic N) is 1. The van der Waals surface area contributed by atoms with Gasteiger partial charge in [-0.25, -0.2) is 4.39 Å². The summed E-state index contributed by atoms with van der Waals surface area (Å²) in [5, 5.41) is 10.4. The normalized spacial score (nSPS) is 24.8. The van der Waals surface area contributed by atoms with Gasteiger partial charge in [0.1, 0.15) is 11.6 Å². The molecule has 0 unspecified atom stereocenters. The average Bonchev–Trinajstić information content (AvgIpc) is 2.57. The molecule has 110 valence electrons. The van der Waals surface area contributed by atoms with Crippen molar-refractivity contribution in [2.24, 2.45) is 5.41 Å². The Bertz CT molecular complexity index is 524. The fraction of sp³-hybridized carbons (Fsp3) is 0.533. The van der Waals surface area contributed by atoms with Gasteiger partial charge in [-0.1, -0.05) is 13.8 Å². The van der Waals surface area contributed by atoms with Crippen LogP contribution in [0.15, 0.2) is 18.2 Å². The number of hydrogen-bond donors (Lipinski definition) is 1. The van der Waals surface area contributed by atoms with E-state index in [0.29, 0.717) is 12.3 Å². The highest BCUT2D eigenvalue weighted by Gasteiger charge is 2.49. The zero-order valence-corrected chi connectivity index (χ0v) is 12.2. The van der Waals surface area contributed by atoms with Crippen molar-refractivity contribution < 1.29 is 19.0 Å². The van der Waals surface area contributed by atoms with Crippen LogP contribution in [-0.4, -0.2) is 41.7 Å². The van der Waals surface area contributed by atoms with Gasteiger partial charge in [0.2, 0.25) is 0 Å². The molecule has 0 spiro atoms. The van der Waals surface area contributed by atoms with Crippen LogP contribution in [0.2, 0.25) is 0 Å². The Balaban J connectivity index is 2.32. The molecule has 1 aliphatic heterocycles. The number of rotatable bonds is 2. The first-order valence-corrected chi connectivity index (χ1v) is 6.53. The maximum absolute atomic E-state index is 13.4. The lowest BCUT2D eigenvalue weighted by atomic mass is 9.79. The Hall–Kier alpha value is -1.62. The molecule has 1 atom stereocenters. The van der Waals surface area contributed by atoms with Crippen molar-refractivity contribution in [3.05, 3.63) is 29.6 Å². The van der Waals surface area contributed by atoms with Crippen molar-refractivity contribution in [3.8, 4) is 5.75 Å². The summed E-state index contributed by atoms with van der Waals surface area (Å²) in [5.74, 6) is -0.479. The van der Waals surface area contributed by atoms with E-state index in [9.17, 15) is 14.3 Å². The number of amides is 1. The second kappa shape index (κ2) is 4.74. The first-order chi connectivity index (χ1) is 9.18. The van der Waals surface area contributed by atoms with Gasteiger partial charge in [-0.2, -0.15) is 0 Å². The summed E-state index contributed by atoms with van der Waals surface area (Å²) in [6.07, 6.45) is 0. The van der Waals surface area contributed by atoms with Crippen molar-refractivity contribution in [1.29, 1.82) is 0 Å². The van der Waals surface area contributed by atoms with Crippen molar-refractivity contribution in [2.45, 2.75) is 26.4 Å². The smallest absolute Gasteiger partial charge is 0.257 e. The van der Waals surface area contributed by atoms with E-state index in [2.05, 4.69) is 0 Å². The van der Waals surface area contributed by atoms with E-state index in [4.69, 9.17) is 4.74 Å². The first-order valence-electron chi connectivity index (χ1n) is 6.53. The van der Waals surface area contributed by atoms with Crippen LogP contribution >= 0.6 is 0 Å². The summed E-state index contributed by atoms with van der Waals surface area (Å²) in [5.41, 5.74) is -1.20. The maximum atomic E-state index is 13.4. The molecule has 2 rings (SSSR count). The largest absolute Gasteiger partial charge is 0.496 e. The predicted molar refractivity (Wildman–Crippen MR) is 73.3 cm³/mol. The highest BCUT2D eigenvalue weighted by atomic mass is 19.1. The first kappa shape index (κ1) is 14.8. The third-order valence-electron chi connectivity index (χ3n) is 4.22. The van der Waals surface area contributed by atoms with E-state index in [1.165, 1.54) is 30.2 Å². The summed E-state index contributed by atoms with van der Waals surface area (Å²) in [4.78, 5) is 14.1. The van der Waals surface area contributed by atoms with Crippen LogP contribution in [0.5, 0.6) is 5.75 Å². The molecule has 1 fully saturated rings. The number of ether oxygens (including phenoxy) is 1. The van der Waals surface area contributed by atoms with E-state index in [1.54, 1.807) is 6.92 Å². The number of halogens is 1. The summed E-state index contributed by atoms with van der Waals surface area (Å²) in [6, 6.07) is 3.85. The molecule has 20 heavy (non-hydrogen) atoms. The van der Waals surface area contributed by atoms with Crippen molar-refractivity contribution in [2.75, 3.05) is 20.2 Å². The molecule has 5 heteroatoms. The van der Waals surface area contributed by atoms with Crippen LogP contribution in [0.1, 0.15) is 31.1 Å². The molecule has 0 radical (unpaired) electrons. The molecule has 4 nitrogen and oxygen atoms in total. The number of likely N-dealkylation sites (tertiary alicyclic amines) is 1. The molecule has 1 N–H and O–H groups in total. The Morgan fingerprint density at radius 1 is 1.35 bits per heavy atom. The van der Waals surface area contributed by atoms with Gasteiger partial charge >= 0.3 is 0 Å². The van der Waals surface area contributed by atoms with Gasteiger partial charge in [-0.05, 0) is 25.1 Å². The highest BCUT2D eigenvalue weighted by molar-refractivity contribution is 5.97. The monoisotopic (exact) mass is 281 g/mol. The van der Waals surface area contributed by atoms with Crippen LogP contribution in [0.25, 0.3) is 0 Å². The molecule has 1 saturated heterocycles. The number of hydrogen-bond acceptors (Lipinski definition) is 3. The maximum Gasteiger partial charge on any atom is 0.257 e. The molecule has 1 aromatic carbocycles. The zero-order valence-electron chi connectivity index (χ0n) is 12.2. The molecule has 1 amide bonds. The second-order valence-electron chi connectivity index (χ2n) is 6.16. The standard InChI is InChI=1S/C15H20FNO3/c1-14(2)8-17(9-15(14,3)19)13(18)11-7-10(16)5-6-12(11)20-4/h5-7,19H,8-9H2,1-4H3/t15-/m1/s1. The molecule has 1 aromatic rings. The predicted octanol–water partition coefficient (Wildman–Crippen LogP) is 2.07. The Labute approximate surface area is 118 Å². The lowest BCUT2D eigenvalue weighted by Crippen LogP contribution is -2.40. The van der Waals surface area contributed by atoms with Crippen molar-refractivity contribution in [1.82, 2.24) is 4.90 Å². The minimum atomic E-state index is -0.969. The van der Waals surface area contributed by atoms with Crippen LogP contribution in [0, 0.1) is 11.2 Å². The van der Waals surface area contributed by atoms with Crippen LogP contribution < -0.4 is 4.74 Å². The Kier molecular flexibility index (Phi) is 3.50. The molecule has 0 bridgehead atoms. The minimum Gasteiger partial charge on any atom is -0.496 e. The minimum absolute atomic E-state index is 0.181. The number of carbonyl (C=O) groups excluding carboxylic acids is 1. The van der Waals surface area contributed by atoms with Gasteiger partial charge in [-0.15, -0.1) is 0 Å². The lowest BCUT2D eigenvalue weighted by molar-refractivity contribution is -0.0108. The second-order valence-corrected chi connectivity index (χ2v) is 6.16. The molecule has 0 aliphatic carbocycles. The van der Waals surface area contributed by atoms with Gasteiger partial charge in [0.25, 0.3) is 5.91 Å². The quantitative estimate of drug-likeness (QED) is 0.903. The van der Waals surface area contributed by atoms with E-state index < -0.39 is 16.8 Å². The number of benzene rings is 1. The third-order valence-corrected chi connectivity index (χ3v) is 4.22. The van der Waals surface area contributed by atoms with Crippen molar-refractivity contribution >= 4 is 5.91 Å². The highest BCUT2D eigenvalue weighted by Crippen LogP contribution is 2.39. The van der Waals surface area contributed by atoms with E-state index in [-0.39, 0.29) is 18.0 Å².